The van der Waals surface area contributed by atoms with E-state index in [2.05, 4.69) is 0 Å². The number of anilines is 1. The predicted molar refractivity (Wildman–Crippen MR) is 121 cm³/mol. The Kier molecular flexibility index (Phi) is 6.08. The molecule has 0 bridgehead atoms. The second kappa shape index (κ2) is 8.93. The molecule has 1 atom stereocenters. The van der Waals surface area contributed by atoms with Gasteiger partial charge in [0.05, 0.1) is 31.0 Å². The highest BCUT2D eigenvalue weighted by Crippen LogP contribution is 2.36. The molecule has 31 heavy (non-hydrogen) atoms. The van der Waals surface area contributed by atoms with Gasteiger partial charge in [-0.1, -0.05) is 0 Å². The molecule has 3 heterocycles. The molecule has 3 aromatic rings. The number of aromatic nitrogens is 1. The number of hydrogen-bond acceptors (Lipinski definition) is 7. The number of piperidine rings is 1. The number of rotatable bonds is 5. The molecule has 0 aliphatic carbocycles. The van der Waals surface area contributed by atoms with Crippen LogP contribution in [0.4, 0.5) is 5.69 Å². The molecule has 2 N–H and O–H groups in total. The zero-order chi connectivity index (χ0) is 22.0. The summed E-state index contributed by atoms with van der Waals surface area (Å²) >= 11 is 1.29. The number of thiophene rings is 1. The van der Waals surface area contributed by atoms with Crippen LogP contribution in [0.5, 0.6) is 5.75 Å². The van der Waals surface area contributed by atoms with Crippen LogP contribution in [0, 0.1) is 5.92 Å². The second-order valence-corrected chi connectivity index (χ2v) is 8.46. The Morgan fingerprint density at radius 1 is 1.23 bits per heavy atom. The van der Waals surface area contributed by atoms with Crippen LogP contribution < -0.4 is 10.5 Å². The van der Waals surface area contributed by atoms with E-state index < -0.39 is 0 Å². The quantitative estimate of drug-likeness (QED) is 0.605. The van der Waals surface area contributed by atoms with Gasteiger partial charge in [0.15, 0.2) is 0 Å². The van der Waals surface area contributed by atoms with Crippen molar-refractivity contribution in [2.75, 3.05) is 32.5 Å². The molecule has 0 spiro atoms. The molecule has 1 aromatic carbocycles. The van der Waals surface area contributed by atoms with Crippen LogP contribution in [0.25, 0.3) is 21.5 Å². The van der Waals surface area contributed by atoms with Gasteiger partial charge in [0, 0.05) is 24.0 Å². The van der Waals surface area contributed by atoms with E-state index in [0.29, 0.717) is 35.1 Å². The SMILES string of the molecule is CCOC(=O)C1CCCN(C(=O)c2sc3nc(-c4ccc(OC)cc4)ccc3c2N)C1. The number of likely N-dealkylation sites (tertiary alicyclic amines) is 1. The van der Waals surface area contributed by atoms with Crippen LogP contribution in [-0.2, 0) is 9.53 Å². The Bertz CT molecular complexity index is 1110. The van der Waals surface area contributed by atoms with E-state index in [1.807, 2.05) is 36.4 Å². The Balaban J connectivity index is 1.59. The number of nitrogens with two attached hydrogens (primary N) is 1. The predicted octanol–water partition coefficient (Wildman–Crippen LogP) is 3.97. The van der Waals surface area contributed by atoms with Crippen molar-refractivity contribution in [1.29, 1.82) is 0 Å². The molecule has 162 valence electrons. The lowest BCUT2D eigenvalue weighted by Crippen LogP contribution is -2.42. The lowest BCUT2D eigenvalue weighted by molar-refractivity contribution is -0.149. The van der Waals surface area contributed by atoms with Crippen LogP contribution in [0.1, 0.15) is 29.4 Å². The number of hydrogen-bond donors (Lipinski definition) is 1. The highest BCUT2D eigenvalue weighted by Gasteiger charge is 2.31. The molecule has 0 radical (unpaired) electrons. The van der Waals surface area contributed by atoms with Crippen LogP contribution in [0.15, 0.2) is 36.4 Å². The van der Waals surface area contributed by atoms with E-state index >= 15 is 0 Å². The van der Waals surface area contributed by atoms with Gasteiger partial charge in [-0.2, -0.15) is 0 Å². The van der Waals surface area contributed by atoms with Crippen molar-refractivity contribution < 1.29 is 19.1 Å². The number of fused-ring (bicyclic) bond motifs is 1. The van der Waals surface area contributed by atoms with Crippen molar-refractivity contribution in [3.63, 3.8) is 0 Å². The van der Waals surface area contributed by atoms with Crippen molar-refractivity contribution >= 4 is 39.1 Å². The van der Waals surface area contributed by atoms with Gasteiger partial charge in [-0.3, -0.25) is 9.59 Å². The van der Waals surface area contributed by atoms with E-state index in [-0.39, 0.29) is 17.8 Å². The van der Waals surface area contributed by atoms with E-state index in [1.165, 1.54) is 11.3 Å². The van der Waals surface area contributed by atoms with Crippen molar-refractivity contribution in [3.05, 3.63) is 41.3 Å². The lowest BCUT2D eigenvalue weighted by atomic mass is 9.98. The molecule has 1 aliphatic heterocycles. The van der Waals surface area contributed by atoms with Gasteiger partial charge in [0.25, 0.3) is 5.91 Å². The summed E-state index contributed by atoms with van der Waals surface area (Å²) in [5, 5.41) is 0.768. The number of ether oxygens (including phenoxy) is 2. The summed E-state index contributed by atoms with van der Waals surface area (Å²) < 4.78 is 10.3. The topological polar surface area (TPSA) is 94.8 Å². The zero-order valence-corrected chi connectivity index (χ0v) is 18.4. The standard InChI is InChI=1S/C23H25N3O4S/c1-3-30-23(28)15-5-4-12-26(13-15)22(27)20-19(24)17-10-11-18(25-21(17)31-20)14-6-8-16(29-2)9-7-14/h6-11,15H,3-5,12-13,24H2,1-2H3. The highest BCUT2D eigenvalue weighted by atomic mass is 32.1. The van der Waals surface area contributed by atoms with E-state index in [0.717, 1.165) is 35.2 Å². The Labute approximate surface area is 184 Å². The highest BCUT2D eigenvalue weighted by molar-refractivity contribution is 7.21. The van der Waals surface area contributed by atoms with Gasteiger partial charge in [0.1, 0.15) is 15.5 Å². The third kappa shape index (κ3) is 4.20. The second-order valence-electron chi connectivity index (χ2n) is 7.46. The molecule has 1 saturated heterocycles. The Morgan fingerprint density at radius 2 is 2.00 bits per heavy atom. The minimum absolute atomic E-state index is 0.152. The molecule has 1 aliphatic rings. The number of carbonyl (C=O) groups excluding carboxylic acids is 2. The first-order valence-corrected chi connectivity index (χ1v) is 11.1. The molecule has 4 rings (SSSR count). The maximum absolute atomic E-state index is 13.2. The summed E-state index contributed by atoms with van der Waals surface area (Å²) in [7, 11) is 1.63. The van der Waals surface area contributed by atoms with E-state index in [9.17, 15) is 9.59 Å². The smallest absolute Gasteiger partial charge is 0.310 e. The monoisotopic (exact) mass is 439 g/mol. The van der Waals surface area contributed by atoms with Gasteiger partial charge in [-0.25, -0.2) is 4.98 Å². The van der Waals surface area contributed by atoms with Gasteiger partial charge in [-0.15, -0.1) is 11.3 Å². The number of amides is 1. The summed E-state index contributed by atoms with van der Waals surface area (Å²) in [5.41, 5.74) is 8.53. The third-order valence-corrected chi connectivity index (χ3v) is 6.61. The molecule has 8 heteroatoms. The maximum Gasteiger partial charge on any atom is 0.310 e. The number of benzene rings is 1. The van der Waals surface area contributed by atoms with Gasteiger partial charge in [-0.05, 0) is 56.2 Å². The minimum Gasteiger partial charge on any atom is -0.497 e. The zero-order valence-electron chi connectivity index (χ0n) is 17.6. The number of esters is 1. The van der Waals surface area contributed by atoms with Crippen molar-refractivity contribution in [2.45, 2.75) is 19.8 Å². The Hall–Kier alpha value is -3.13. The fraction of sp³-hybridized carbons (Fsp3) is 0.348. The van der Waals surface area contributed by atoms with Crippen molar-refractivity contribution in [3.8, 4) is 17.0 Å². The first-order valence-electron chi connectivity index (χ1n) is 10.3. The molecule has 1 unspecified atom stereocenters. The van der Waals surface area contributed by atoms with Crippen LogP contribution in [0.2, 0.25) is 0 Å². The molecule has 7 nitrogen and oxygen atoms in total. The number of pyridine rings is 1. The molecule has 2 aromatic heterocycles. The number of carbonyl (C=O) groups is 2. The van der Waals surface area contributed by atoms with Crippen LogP contribution in [0.3, 0.4) is 0 Å². The first-order chi connectivity index (χ1) is 15.0. The summed E-state index contributed by atoms with van der Waals surface area (Å²) in [6.07, 6.45) is 1.50. The lowest BCUT2D eigenvalue weighted by Gasteiger charge is -2.31. The van der Waals surface area contributed by atoms with Crippen molar-refractivity contribution in [2.24, 2.45) is 5.92 Å². The van der Waals surface area contributed by atoms with Crippen molar-refractivity contribution in [1.82, 2.24) is 9.88 Å². The first kappa shape index (κ1) is 21.1. The maximum atomic E-state index is 13.2. The minimum atomic E-state index is -0.284. The number of methoxy groups -OCH3 is 1. The molecule has 1 fully saturated rings. The average molecular weight is 440 g/mol. The molecular weight excluding hydrogens is 414 g/mol. The summed E-state index contributed by atoms with van der Waals surface area (Å²) in [5.74, 6) is 0.101. The van der Waals surface area contributed by atoms with E-state index in [1.54, 1.807) is 18.9 Å². The largest absolute Gasteiger partial charge is 0.497 e. The van der Waals surface area contributed by atoms with Gasteiger partial charge >= 0.3 is 5.97 Å². The molecule has 1 amide bonds. The van der Waals surface area contributed by atoms with Gasteiger partial charge in [0.2, 0.25) is 0 Å². The van der Waals surface area contributed by atoms with Crippen LogP contribution >= 0.6 is 11.3 Å². The number of nitrogens with zero attached hydrogens (tertiary/aromatic N) is 2. The molecular formula is C23H25N3O4S. The van der Waals surface area contributed by atoms with E-state index in [4.69, 9.17) is 20.2 Å². The average Bonchev–Trinajstić information content (AvgIpc) is 3.14. The van der Waals surface area contributed by atoms with Gasteiger partial charge < -0.3 is 20.1 Å². The third-order valence-electron chi connectivity index (χ3n) is 5.50. The summed E-state index contributed by atoms with van der Waals surface area (Å²) in [6, 6.07) is 11.5. The summed E-state index contributed by atoms with van der Waals surface area (Å²) in [6.45, 7) is 3.09. The normalized spacial score (nSPS) is 16.3. The molecule has 0 saturated carbocycles. The fourth-order valence-electron chi connectivity index (χ4n) is 3.84. The summed E-state index contributed by atoms with van der Waals surface area (Å²) in [4.78, 5) is 32.9. The van der Waals surface area contributed by atoms with Crippen LogP contribution in [-0.4, -0.2) is 48.6 Å². The fourth-order valence-corrected chi connectivity index (χ4v) is 4.90. The Morgan fingerprint density at radius 3 is 2.71 bits per heavy atom. The number of nitrogen functional groups attached to an aromatic ring is 1.